The molecule has 0 aliphatic carbocycles. The average Bonchev–Trinajstić information content (AvgIpc) is 2.98. The van der Waals surface area contributed by atoms with Gasteiger partial charge in [0.05, 0.1) is 19.2 Å². The van der Waals surface area contributed by atoms with Crippen molar-refractivity contribution in [1.82, 2.24) is 10.3 Å². The van der Waals surface area contributed by atoms with Crippen LogP contribution in [0.5, 0.6) is 11.5 Å². The fourth-order valence-electron chi connectivity index (χ4n) is 2.00. The Morgan fingerprint density at radius 1 is 1.30 bits per heavy atom. The highest BCUT2D eigenvalue weighted by atomic mass is 32.1. The first kappa shape index (κ1) is 17.0. The predicted molar refractivity (Wildman–Crippen MR) is 92.1 cm³/mol. The number of amides is 1. The summed E-state index contributed by atoms with van der Waals surface area (Å²) in [7, 11) is 3.17. The molecule has 2 aromatic rings. The number of aryl methyl sites for hydroxylation is 1. The monoisotopic (exact) mass is 332 g/mol. The lowest BCUT2D eigenvalue weighted by Gasteiger charge is -2.07. The SMILES string of the molecule is COc1ccc(/C=C/C(=O)NCCc2nc(C)cs2)cc1OC. The molecule has 0 aliphatic rings. The van der Waals surface area contributed by atoms with Crippen molar-refractivity contribution >= 4 is 23.3 Å². The van der Waals surface area contributed by atoms with Gasteiger partial charge in [-0.15, -0.1) is 11.3 Å². The van der Waals surface area contributed by atoms with Crippen molar-refractivity contribution in [2.24, 2.45) is 0 Å². The van der Waals surface area contributed by atoms with Crippen molar-refractivity contribution in [2.75, 3.05) is 20.8 Å². The minimum Gasteiger partial charge on any atom is -0.493 e. The highest BCUT2D eigenvalue weighted by Gasteiger charge is 2.03. The van der Waals surface area contributed by atoms with Crippen LogP contribution in [0.3, 0.4) is 0 Å². The van der Waals surface area contributed by atoms with Gasteiger partial charge in [-0.05, 0) is 30.7 Å². The van der Waals surface area contributed by atoms with Crippen LogP contribution in [0.25, 0.3) is 6.08 Å². The van der Waals surface area contributed by atoms with Gasteiger partial charge in [-0.1, -0.05) is 6.07 Å². The summed E-state index contributed by atoms with van der Waals surface area (Å²) in [4.78, 5) is 16.2. The maximum absolute atomic E-state index is 11.8. The second-order valence-electron chi connectivity index (χ2n) is 4.87. The van der Waals surface area contributed by atoms with Gasteiger partial charge in [-0.3, -0.25) is 4.79 Å². The number of methoxy groups -OCH3 is 2. The van der Waals surface area contributed by atoms with Crippen LogP contribution in [0.1, 0.15) is 16.3 Å². The normalized spacial score (nSPS) is 10.7. The number of rotatable bonds is 7. The third-order valence-electron chi connectivity index (χ3n) is 3.14. The molecule has 1 aromatic carbocycles. The van der Waals surface area contributed by atoms with Crippen LogP contribution < -0.4 is 14.8 Å². The molecule has 0 aliphatic heterocycles. The number of hydrogen-bond acceptors (Lipinski definition) is 5. The molecule has 6 heteroatoms. The van der Waals surface area contributed by atoms with Crippen molar-refractivity contribution in [3.63, 3.8) is 0 Å². The van der Waals surface area contributed by atoms with Crippen molar-refractivity contribution in [3.8, 4) is 11.5 Å². The molecule has 0 fully saturated rings. The molecular formula is C17H20N2O3S. The molecule has 0 bridgehead atoms. The molecule has 2 rings (SSSR count). The highest BCUT2D eigenvalue weighted by Crippen LogP contribution is 2.27. The summed E-state index contributed by atoms with van der Waals surface area (Å²) in [6, 6.07) is 5.49. The molecule has 1 aromatic heterocycles. The smallest absolute Gasteiger partial charge is 0.244 e. The van der Waals surface area contributed by atoms with Crippen molar-refractivity contribution in [2.45, 2.75) is 13.3 Å². The number of aromatic nitrogens is 1. The number of ether oxygens (including phenoxy) is 2. The van der Waals surface area contributed by atoms with Gasteiger partial charge in [0.1, 0.15) is 0 Å². The van der Waals surface area contributed by atoms with E-state index in [4.69, 9.17) is 9.47 Å². The van der Waals surface area contributed by atoms with Crippen molar-refractivity contribution < 1.29 is 14.3 Å². The van der Waals surface area contributed by atoms with Crippen molar-refractivity contribution in [1.29, 1.82) is 0 Å². The maximum atomic E-state index is 11.8. The van der Waals surface area contributed by atoms with E-state index in [0.717, 1.165) is 22.7 Å². The zero-order valence-electron chi connectivity index (χ0n) is 13.5. The second-order valence-corrected chi connectivity index (χ2v) is 5.81. The molecule has 1 N–H and O–H groups in total. The molecule has 5 nitrogen and oxygen atoms in total. The molecule has 0 radical (unpaired) electrons. The first-order chi connectivity index (χ1) is 11.1. The zero-order chi connectivity index (χ0) is 16.7. The first-order valence-corrected chi connectivity index (χ1v) is 8.09. The van der Waals surface area contributed by atoms with E-state index in [2.05, 4.69) is 10.3 Å². The fraction of sp³-hybridized carbons (Fsp3) is 0.294. The van der Waals surface area contributed by atoms with Crippen LogP contribution in [-0.4, -0.2) is 31.7 Å². The molecule has 1 amide bonds. The summed E-state index contributed by atoms with van der Waals surface area (Å²) < 4.78 is 10.4. The lowest BCUT2D eigenvalue weighted by atomic mass is 10.2. The average molecular weight is 332 g/mol. The minimum absolute atomic E-state index is 0.131. The highest BCUT2D eigenvalue weighted by molar-refractivity contribution is 7.09. The van der Waals surface area contributed by atoms with Gasteiger partial charge in [-0.2, -0.15) is 0 Å². The van der Waals surface area contributed by atoms with E-state index in [0.29, 0.717) is 18.0 Å². The Bertz CT molecular complexity index is 695. The number of thiazole rings is 1. The molecule has 0 unspecified atom stereocenters. The van der Waals surface area contributed by atoms with Gasteiger partial charge < -0.3 is 14.8 Å². The molecule has 0 saturated carbocycles. The van der Waals surface area contributed by atoms with Crippen LogP contribution in [0.15, 0.2) is 29.7 Å². The molecule has 1 heterocycles. The zero-order valence-corrected chi connectivity index (χ0v) is 14.3. The van der Waals surface area contributed by atoms with Crippen LogP contribution in [0, 0.1) is 6.92 Å². The Kier molecular flexibility index (Phi) is 6.17. The van der Waals surface area contributed by atoms with Crippen LogP contribution >= 0.6 is 11.3 Å². The fourth-order valence-corrected chi connectivity index (χ4v) is 2.77. The Morgan fingerprint density at radius 2 is 2.09 bits per heavy atom. The van der Waals surface area contributed by atoms with Crippen LogP contribution in [-0.2, 0) is 11.2 Å². The van der Waals surface area contributed by atoms with Gasteiger partial charge in [0.2, 0.25) is 5.91 Å². The minimum atomic E-state index is -0.131. The van der Waals surface area contributed by atoms with E-state index in [-0.39, 0.29) is 5.91 Å². The summed E-state index contributed by atoms with van der Waals surface area (Å²) in [6.07, 6.45) is 3.99. The van der Waals surface area contributed by atoms with E-state index in [1.165, 1.54) is 6.08 Å². The Morgan fingerprint density at radius 3 is 2.74 bits per heavy atom. The Labute approximate surface area is 140 Å². The van der Waals surface area contributed by atoms with Crippen LogP contribution in [0.2, 0.25) is 0 Å². The van der Waals surface area contributed by atoms with Crippen molar-refractivity contribution in [3.05, 3.63) is 45.9 Å². The van der Waals surface area contributed by atoms with Gasteiger partial charge in [0.25, 0.3) is 0 Å². The van der Waals surface area contributed by atoms with E-state index in [1.54, 1.807) is 37.7 Å². The molecule has 0 saturated heterocycles. The quantitative estimate of drug-likeness (QED) is 0.792. The molecule has 0 atom stereocenters. The largest absolute Gasteiger partial charge is 0.493 e. The molecule has 122 valence electrons. The van der Waals surface area contributed by atoms with E-state index >= 15 is 0 Å². The van der Waals surface area contributed by atoms with E-state index in [9.17, 15) is 4.79 Å². The standard InChI is InChI=1S/C17H20N2O3S/c1-12-11-23-17(19-12)8-9-18-16(20)7-5-13-4-6-14(21-2)15(10-13)22-3/h4-7,10-11H,8-9H2,1-3H3,(H,18,20)/b7-5+. The van der Waals surface area contributed by atoms with Gasteiger partial charge in [0, 0.05) is 30.1 Å². The summed E-state index contributed by atoms with van der Waals surface area (Å²) in [5.74, 6) is 1.16. The Balaban J connectivity index is 1.85. The summed E-state index contributed by atoms with van der Waals surface area (Å²) in [5, 5.41) is 5.89. The summed E-state index contributed by atoms with van der Waals surface area (Å²) >= 11 is 1.61. The lowest BCUT2D eigenvalue weighted by molar-refractivity contribution is -0.116. The maximum Gasteiger partial charge on any atom is 0.244 e. The number of carbonyl (C=O) groups is 1. The summed E-state index contributed by atoms with van der Waals surface area (Å²) in [5.41, 5.74) is 1.89. The molecular weight excluding hydrogens is 312 g/mol. The number of carbonyl (C=O) groups excluding carboxylic acids is 1. The van der Waals surface area contributed by atoms with Crippen LogP contribution in [0.4, 0.5) is 0 Å². The first-order valence-electron chi connectivity index (χ1n) is 7.21. The molecule has 23 heavy (non-hydrogen) atoms. The number of benzene rings is 1. The number of nitrogens with zero attached hydrogens (tertiary/aromatic N) is 1. The third kappa shape index (κ3) is 5.10. The van der Waals surface area contributed by atoms with E-state index in [1.807, 2.05) is 24.4 Å². The predicted octanol–water partition coefficient (Wildman–Crippen LogP) is 2.84. The van der Waals surface area contributed by atoms with E-state index < -0.39 is 0 Å². The Hall–Kier alpha value is -2.34. The van der Waals surface area contributed by atoms with Gasteiger partial charge >= 0.3 is 0 Å². The third-order valence-corrected chi connectivity index (χ3v) is 4.17. The lowest BCUT2D eigenvalue weighted by Crippen LogP contribution is -2.23. The number of hydrogen-bond donors (Lipinski definition) is 1. The van der Waals surface area contributed by atoms with Gasteiger partial charge in [0.15, 0.2) is 11.5 Å². The second kappa shape index (κ2) is 8.33. The topological polar surface area (TPSA) is 60.5 Å². The number of nitrogens with one attached hydrogen (secondary N) is 1. The molecule has 0 spiro atoms. The summed E-state index contributed by atoms with van der Waals surface area (Å²) in [6.45, 7) is 2.53. The van der Waals surface area contributed by atoms with Gasteiger partial charge in [-0.25, -0.2) is 4.98 Å².